The van der Waals surface area contributed by atoms with Crippen molar-refractivity contribution < 1.29 is 4.74 Å². The molecule has 0 bridgehead atoms. The van der Waals surface area contributed by atoms with Gasteiger partial charge in [0.05, 0.1) is 0 Å². The van der Waals surface area contributed by atoms with Crippen molar-refractivity contribution in [1.29, 1.82) is 0 Å². The molecular formula is C13H30N2O. The molecule has 0 spiro atoms. The molecule has 0 rings (SSSR count). The van der Waals surface area contributed by atoms with E-state index in [4.69, 9.17) is 10.5 Å². The second-order valence-corrected chi connectivity index (χ2v) is 4.27. The van der Waals surface area contributed by atoms with Crippen molar-refractivity contribution in [2.24, 2.45) is 5.73 Å². The molecule has 0 amide bonds. The average Bonchev–Trinajstić information content (AvgIpc) is 2.31. The van der Waals surface area contributed by atoms with Crippen LogP contribution in [0.5, 0.6) is 0 Å². The lowest BCUT2D eigenvalue weighted by Gasteiger charge is -2.05. The molecule has 0 aromatic heterocycles. The van der Waals surface area contributed by atoms with Gasteiger partial charge < -0.3 is 15.8 Å². The fraction of sp³-hybridized carbons (Fsp3) is 1.00. The van der Waals surface area contributed by atoms with E-state index in [2.05, 4.69) is 12.2 Å². The predicted molar refractivity (Wildman–Crippen MR) is 70.7 cm³/mol. The number of unbranched alkanes of at least 4 members (excludes halogenated alkanes) is 5. The van der Waals surface area contributed by atoms with Crippen molar-refractivity contribution in [2.75, 3.05) is 32.8 Å². The zero-order valence-electron chi connectivity index (χ0n) is 11.0. The second-order valence-electron chi connectivity index (χ2n) is 4.27. The van der Waals surface area contributed by atoms with E-state index in [1.165, 1.54) is 38.5 Å². The first kappa shape index (κ1) is 15.9. The van der Waals surface area contributed by atoms with Gasteiger partial charge in [-0.2, -0.15) is 0 Å². The molecule has 0 radical (unpaired) electrons. The topological polar surface area (TPSA) is 47.3 Å². The van der Waals surface area contributed by atoms with E-state index >= 15 is 0 Å². The van der Waals surface area contributed by atoms with Crippen molar-refractivity contribution in [1.82, 2.24) is 5.32 Å². The smallest absolute Gasteiger partial charge is 0.0478 e. The summed E-state index contributed by atoms with van der Waals surface area (Å²) in [5.74, 6) is 0. The van der Waals surface area contributed by atoms with Crippen LogP contribution < -0.4 is 11.1 Å². The van der Waals surface area contributed by atoms with Crippen LogP contribution in [0.2, 0.25) is 0 Å². The van der Waals surface area contributed by atoms with Gasteiger partial charge in [-0.3, -0.25) is 0 Å². The zero-order valence-corrected chi connectivity index (χ0v) is 11.0. The summed E-state index contributed by atoms with van der Waals surface area (Å²) in [4.78, 5) is 0. The fourth-order valence-electron chi connectivity index (χ4n) is 1.61. The Morgan fingerprint density at radius 1 is 0.875 bits per heavy atom. The SMILES string of the molecule is CCCCCCCCOCCCNCCN. The van der Waals surface area contributed by atoms with Gasteiger partial charge in [-0.1, -0.05) is 39.0 Å². The second kappa shape index (κ2) is 14.9. The predicted octanol–water partition coefficient (Wildman–Crippen LogP) is 2.30. The summed E-state index contributed by atoms with van der Waals surface area (Å²) in [6, 6.07) is 0. The first-order valence-electron chi connectivity index (χ1n) is 6.90. The summed E-state index contributed by atoms with van der Waals surface area (Å²) in [5.41, 5.74) is 5.37. The summed E-state index contributed by atoms with van der Waals surface area (Å²) in [7, 11) is 0. The van der Waals surface area contributed by atoms with Crippen LogP contribution in [0.3, 0.4) is 0 Å². The molecule has 0 aliphatic carbocycles. The quantitative estimate of drug-likeness (QED) is 0.477. The van der Waals surface area contributed by atoms with E-state index in [0.717, 1.165) is 39.3 Å². The lowest BCUT2D eigenvalue weighted by Crippen LogP contribution is -2.24. The standard InChI is InChI=1S/C13H30N2O/c1-2-3-4-5-6-7-12-16-13-8-10-15-11-9-14/h15H,2-14H2,1H3. The van der Waals surface area contributed by atoms with Gasteiger partial charge in [0.25, 0.3) is 0 Å². The normalized spacial score (nSPS) is 10.9. The van der Waals surface area contributed by atoms with Crippen molar-refractivity contribution in [2.45, 2.75) is 51.9 Å². The van der Waals surface area contributed by atoms with Gasteiger partial charge in [0.1, 0.15) is 0 Å². The van der Waals surface area contributed by atoms with Crippen LogP contribution in [0.15, 0.2) is 0 Å². The zero-order chi connectivity index (χ0) is 11.9. The number of hydrogen-bond donors (Lipinski definition) is 2. The highest BCUT2D eigenvalue weighted by Crippen LogP contribution is 2.04. The van der Waals surface area contributed by atoms with Gasteiger partial charge in [0.2, 0.25) is 0 Å². The van der Waals surface area contributed by atoms with Crippen LogP contribution in [0.4, 0.5) is 0 Å². The van der Waals surface area contributed by atoms with Crippen LogP contribution >= 0.6 is 0 Å². The molecule has 0 fully saturated rings. The first-order valence-corrected chi connectivity index (χ1v) is 6.90. The van der Waals surface area contributed by atoms with E-state index in [9.17, 15) is 0 Å². The average molecular weight is 230 g/mol. The summed E-state index contributed by atoms with van der Waals surface area (Å²) < 4.78 is 5.55. The van der Waals surface area contributed by atoms with Crippen molar-refractivity contribution in [3.63, 3.8) is 0 Å². The third-order valence-electron chi connectivity index (χ3n) is 2.61. The van der Waals surface area contributed by atoms with Gasteiger partial charge in [-0.05, 0) is 19.4 Å². The minimum Gasteiger partial charge on any atom is -0.381 e. The molecule has 0 aromatic rings. The first-order chi connectivity index (χ1) is 7.91. The Bertz CT molecular complexity index is 107. The lowest BCUT2D eigenvalue weighted by atomic mass is 10.1. The molecule has 3 N–H and O–H groups in total. The van der Waals surface area contributed by atoms with E-state index < -0.39 is 0 Å². The Labute approximate surface area is 101 Å². The van der Waals surface area contributed by atoms with E-state index in [0.29, 0.717) is 0 Å². The van der Waals surface area contributed by atoms with Crippen molar-refractivity contribution in [3.8, 4) is 0 Å². The lowest BCUT2D eigenvalue weighted by molar-refractivity contribution is 0.127. The highest BCUT2D eigenvalue weighted by molar-refractivity contribution is 4.47. The van der Waals surface area contributed by atoms with Gasteiger partial charge >= 0.3 is 0 Å². The summed E-state index contributed by atoms with van der Waals surface area (Å²) >= 11 is 0. The number of rotatable bonds is 13. The molecule has 0 saturated carbocycles. The van der Waals surface area contributed by atoms with E-state index in [1.54, 1.807) is 0 Å². The van der Waals surface area contributed by atoms with Crippen LogP contribution in [0, 0.1) is 0 Å². The third-order valence-corrected chi connectivity index (χ3v) is 2.61. The van der Waals surface area contributed by atoms with Crippen LogP contribution in [0.1, 0.15) is 51.9 Å². The molecule has 0 aromatic carbocycles. The van der Waals surface area contributed by atoms with E-state index in [1.807, 2.05) is 0 Å². The van der Waals surface area contributed by atoms with Gasteiger partial charge in [-0.15, -0.1) is 0 Å². The highest BCUT2D eigenvalue weighted by atomic mass is 16.5. The Kier molecular flexibility index (Phi) is 14.8. The molecule has 0 atom stereocenters. The maximum absolute atomic E-state index is 5.55. The maximum Gasteiger partial charge on any atom is 0.0478 e. The van der Waals surface area contributed by atoms with Crippen LogP contribution in [-0.4, -0.2) is 32.8 Å². The van der Waals surface area contributed by atoms with Crippen molar-refractivity contribution in [3.05, 3.63) is 0 Å². The van der Waals surface area contributed by atoms with E-state index in [-0.39, 0.29) is 0 Å². The minimum atomic E-state index is 0.721. The monoisotopic (exact) mass is 230 g/mol. The summed E-state index contributed by atoms with van der Waals surface area (Å²) in [6.07, 6.45) is 9.11. The van der Waals surface area contributed by atoms with Crippen LogP contribution in [-0.2, 0) is 4.74 Å². The maximum atomic E-state index is 5.55. The molecule has 0 aliphatic heterocycles. The van der Waals surface area contributed by atoms with Gasteiger partial charge in [-0.25, -0.2) is 0 Å². The molecule has 3 nitrogen and oxygen atoms in total. The van der Waals surface area contributed by atoms with Gasteiger partial charge in [0, 0.05) is 26.3 Å². The number of hydrogen-bond acceptors (Lipinski definition) is 3. The minimum absolute atomic E-state index is 0.721. The summed E-state index contributed by atoms with van der Waals surface area (Å²) in [5, 5.41) is 3.26. The number of nitrogens with one attached hydrogen (secondary N) is 1. The number of ether oxygens (including phenoxy) is 1. The molecule has 0 heterocycles. The van der Waals surface area contributed by atoms with Crippen molar-refractivity contribution >= 4 is 0 Å². The Morgan fingerprint density at radius 3 is 2.31 bits per heavy atom. The Balaban J connectivity index is 2.83. The molecular weight excluding hydrogens is 200 g/mol. The third kappa shape index (κ3) is 13.9. The summed E-state index contributed by atoms with van der Waals surface area (Å²) in [6.45, 7) is 6.72. The largest absolute Gasteiger partial charge is 0.381 e. The molecule has 0 saturated heterocycles. The Hall–Kier alpha value is -0.120. The highest BCUT2D eigenvalue weighted by Gasteiger charge is 1.91. The van der Waals surface area contributed by atoms with Crippen LogP contribution in [0.25, 0.3) is 0 Å². The Morgan fingerprint density at radius 2 is 1.56 bits per heavy atom. The van der Waals surface area contributed by atoms with Gasteiger partial charge in [0.15, 0.2) is 0 Å². The molecule has 0 unspecified atom stereocenters. The molecule has 98 valence electrons. The fourth-order valence-corrected chi connectivity index (χ4v) is 1.61. The molecule has 3 heteroatoms. The number of nitrogens with two attached hydrogens (primary N) is 1. The molecule has 0 aliphatic rings. The molecule has 16 heavy (non-hydrogen) atoms.